The highest BCUT2D eigenvalue weighted by molar-refractivity contribution is 9.10. The zero-order valence-corrected chi connectivity index (χ0v) is 9.66. The van der Waals surface area contributed by atoms with E-state index in [-0.39, 0.29) is 0 Å². The van der Waals surface area contributed by atoms with Gasteiger partial charge in [-0.05, 0) is 33.8 Å². The average molecular weight is 262 g/mol. The normalized spacial score (nSPS) is 22.4. The predicted molar refractivity (Wildman–Crippen MR) is 58.1 cm³/mol. The molecule has 1 unspecified atom stereocenters. The molecular formula is C9H12BrNOS. The van der Waals surface area contributed by atoms with Gasteiger partial charge in [0.25, 0.3) is 0 Å². The van der Waals surface area contributed by atoms with Crippen LogP contribution < -0.4 is 5.32 Å². The van der Waals surface area contributed by atoms with Gasteiger partial charge in [0, 0.05) is 28.5 Å². The van der Waals surface area contributed by atoms with Crippen molar-refractivity contribution in [2.75, 3.05) is 13.2 Å². The van der Waals surface area contributed by atoms with E-state index < -0.39 is 0 Å². The molecule has 1 aliphatic rings. The molecule has 2 heterocycles. The number of hydrogen-bond acceptors (Lipinski definition) is 3. The summed E-state index contributed by atoms with van der Waals surface area (Å²) in [7, 11) is 0. The van der Waals surface area contributed by atoms with Crippen LogP contribution in [-0.4, -0.2) is 19.3 Å². The van der Waals surface area contributed by atoms with E-state index in [1.807, 2.05) is 0 Å². The third kappa shape index (κ3) is 2.53. The monoisotopic (exact) mass is 261 g/mol. The zero-order chi connectivity index (χ0) is 9.10. The second-order valence-corrected chi connectivity index (χ2v) is 4.99. The Morgan fingerprint density at radius 2 is 2.62 bits per heavy atom. The van der Waals surface area contributed by atoms with Crippen LogP contribution in [0.2, 0.25) is 0 Å². The first kappa shape index (κ1) is 9.65. The lowest BCUT2D eigenvalue weighted by molar-refractivity contribution is 0.190. The number of halogens is 1. The summed E-state index contributed by atoms with van der Waals surface area (Å²) in [6.07, 6.45) is 1.14. The van der Waals surface area contributed by atoms with Gasteiger partial charge in [0.2, 0.25) is 0 Å². The summed E-state index contributed by atoms with van der Waals surface area (Å²) in [4.78, 5) is 1.37. The molecule has 0 amide bonds. The van der Waals surface area contributed by atoms with Gasteiger partial charge in [-0.25, -0.2) is 0 Å². The number of nitrogens with one attached hydrogen (secondary N) is 1. The minimum atomic E-state index is 0.550. The number of thiophene rings is 1. The van der Waals surface area contributed by atoms with Gasteiger partial charge in [0.15, 0.2) is 0 Å². The van der Waals surface area contributed by atoms with E-state index in [4.69, 9.17) is 4.74 Å². The third-order valence-electron chi connectivity index (χ3n) is 2.17. The van der Waals surface area contributed by atoms with Crippen molar-refractivity contribution in [2.45, 2.75) is 19.0 Å². The molecule has 0 saturated carbocycles. The van der Waals surface area contributed by atoms with Crippen LogP contribution in [0.5, 0.6) is 0 Å². The van der Waals surface area contributed by atoms with Crippen LogP contribution in [0.4, 0.5) is 0 Å². The van der Waals surface area contributed by atoms with Crippen LogP contribution in [0.25, 0.3) is 0 Å². The fraction of sp³-hybridized carbons (Fsp3) is 0.556. The Morgan fingerprint density at radius 1 is 1.69 bits per heavy atom. The van der Waals surface area contributed by atoms with Crippen LogP contribution in [0, 0.1) is 0 Å². The van der Waals surface area contributed by atoms with Crippen LogP contribution in [0.1, 0.15) is 11.3 Å². The quantitative estimate of drug-likeness (QED) is 0.903. The van der Waals surface area contributed by atoms with Gasteiger partial charge in [-0.2, -0.15) is 0 Å². The molecule has 2 nitrogen and oxygen atoms in total. The summed E-state index contributed by atoms with van der Waals surface area (Å²) in [5.41, 5.74) is 0. The molecule has 72 valence electrons. The van der Waals surface area contributed by atoms with Crippen molar-refractivity contribution in [3.05, 3.63) is 20.8 Å². The van der Waals surface area contributed by atoms with Crippen molar-refractivity contribution >= 4 is 27.3 Å². The summed E-state index contributed by atoms with van der Waals surface area (Å²) < 4.78 is 6.50. The van der Waals surface area contributed by atoms with Gasteiger partial charge in [0.05, 0.1) is 6.61 Å². The first-order valence-corrected chi connectivity index (χ1v) is 6.06. The molecule has 1 atom stereocenters. The summed E-state index contributed by atoms with van der Waals surface area (Å²) >= 11 is 5.30. The maximum absolute atomic E-state index is 5.29. The predicted octanol–water partition coefficient (Wildman–Crippen LogP) is 2.39. The second-order valence-electron chi connectivity index (χ2n) is 3.13. The van der Waals surface area contributed by atoms with Crippen molar-refractivity contribution in [3.63, 3.8) is 0 Å². The third-order valence-corrected chi connectivity index (χ3v) is 4.10. The van der Waals surface area contributed by atoms with Crippen LogP contribution in [0.15, 0.2) is 15.9 Å². The first-order valence-electron chi connectivity index (χ1n) is 4.39. The highest BCUT2D eigenvalue weighted by atomic mass is 79.9. The van der Waals surface area contributed by atoms with Gasteiger partial charge in [-0.3, -0.25) is 0 Å². The Hall–Kier alpha value is 0.1000. The maximum atomic E-state index is 5.29. The molecule has 0 spiro atoms. The van der Waals surface area contributed by atoms with E-state index >= 15 is 0 Å². The van der Waals surface area contributed by atoms with Gasteiger partial charge in [0.1, 0.15) is 0 Å². The van der Waals surface area contributed by atoms with E-state index in [1.165, 1.54) is 9.35 Å². The second kappa shape index (κ2) is 4.55. The average Bonchev–Trinajstić information content (AvgIpc) is 2.72. The van der Waals surface area contributed by atoms with E-state index in [1.54, 1.807) is 11.3 Å². The van der Waals surface area contributed by atoms with E-state index in [2.05, 4.69) is 32.7 Å². The SMILES string of the molecule is Brc1ccsc1CNC1CCOC1. The maximum Gasteiger partial charge on any atom is 0.0620 e. The molecule has 1 aromatic rings. The molecule has 0 aromatic carbocycles. The first-order chi connectivity index (χ1) is 6.36. The minimum Gasteiger partial charge on any atom is -0.380 e. The molecule has 1 fully saturated rings. The fourth-order valence-electron chi connectivity index (χ4n) is 1.38. The van der Waals surface area contributed by atoms with Crippen molar-refractivity contribution in [1.29, 1.82) is 0 Å². The Bertz CT molecular complexity index is 270. The molecule has 1 N–H and O–H groups in total. The molecule has 1 aliphatic heterocycles. The van der Waals surface area contributed by atoms with E-state index in [0.717, 1.165) is 26.2 Å². The minimum absolute atomic E-state index is 0.550. The molecule has 0 bridgehead atoms. The van der Waals surface area contributed by atoms with Crippen LogP contribution in [-0.2, 0) is 11.3 Å². The lowest BCUT2D eigenvalue weighted by Gasteiger charge is -2.08. The molecule has 0 aliphatic carbocycles. The Kier molecular flexibility index (Phi) is 3.38. The molecule has 1 aromatic heterocycles. The summed E-state index contributed by atoms with van der Waals surface area (Å²) in [6.45, 7) is 2.72. The van der Waals surface area contributed by atoms with Crippen molar-refractivity contribution in [2.24, 2.45) is 0 Å². The van der Waals surface area contributed by atoms with Gasteiger partial charge >= 0.3 is 0 Å². The van der Waals surface area contributed by atoms with E-state index in [9.17, 15) is 0 Å². The number of rotatable bonds is 3. The number of ether oxygens (including phenoxy) is 1. The van der Waals surface area contributed by atoms with E-state index in [0.29, 0.717) is 6.04 Å². The lowest BCUT2D eigenvalue weighted by atomic mass is 10.2. The van der Waals surface area contributed by atoms with Crippen LogP contribution in [0.3, 0.4) is 0 Å². The number of hydrogen-bond donors (Lipinski definition) is 1. The molecular weight excluding hydrogens is 250 g/mol. The zero-order valence-electron chi connectivity index (χ0n) is 7.25. The summed E-state index contributed by atoms with van der Waals surface area (Å²) in [5, 5.41) is 5.58. The molecule has 2 rings (SSSR count). The van der Waals surface area contributed by atoms with Crippen molar-refractivity contribution in [1.82, 2.24) is 5.32 Å². The summed E-state index contributed by atoms with van der Waals surface area (Å²) in [6, 6.07) is 2.64. The highest BCUT2D eigenvalue weighted by Crippen LogP contribution is 2.22. The topological polar surface area (TPSA) is 21.3 Å². The fourth-order valence-corrected chi connectivity index (χ4v) is 2.83. The smallest absolute Gasteiger partial charge is 0.0620 e. The highest BCUT2D eigenvalue weighted by Gasteiger charge is 2.14. The largest absolute Gasteiger partial charge is 0.380 e. The molecule has 13 heavy (non-hydrogen) atoms. The Morgan fingerprint density at radius 3 is 3.23 bits per heavy atom. The van der Waals surface area contributed by atoms with Crippen LogP contribution >= 0.6 is 27.3 Å². The van der Waals surface area contributed by atoms with Gasteiger partial charge in [-0.15, -0.1) is 11.3 Å². The molecule has 4 heteroatoms. The lowest BCUT2D eigenvalue weighted by Crippen LogP contribution is -2.28. The van der Waals surface area contributed by atoms with Gasteiger partial charge < -0.3 is 10.1 Å². The van der Waals surface area contributed by atoms with Gasteiger partial charge in [-0.1, -0.05) is 0 Å². The summed E-state index contributed by atoms with van der Waals surface area (Å²) in [5.74, 6) is 0. The molecule has 1 saturated heterocycles. The Balaban J connectivity index is 1.82. The molecule has 0 radical (unpaired) electrons. The standard InChI is InChI=1S/C9H12BrNOS/c10-8-2-4-13-9(8)5-11-7-1-3-12-6-7/h2,4,7,11H,1,3,5-6H2. The van der Waals surface area contributed by atoms with Crippen molar-refractivity contribution < 1.29 is 4.74 Å². The Labute approximate surface area is 90.4 Å². The van der Waals surface area contributed by atoms with Crippen molar-refractivity contribution in [3.8, 4) is 0 Å².